The van der Waals surface area contributed by atoms with E-state index in [1.165, 1.54) is 16.7 Å². The van der Waals surface area contributed by atoms with Crippen LogP contribution in [0.25, 0.3) is 5.69 Å². The van der Waals surface area contributed by atoms with E-state index < -0.39 is 58.9 Å². The highest BCUT2D eigenvalue weighted by Crippen LogP contribution is 2.49. The van der Waals surface area contributed by atoms with Gasteiger partial charge in [-0.25, -0.2) is 14.2 Å². The lowest BCUT2D eigenvalue weighted by Crippen LogP contribution is -2.40. The number of nitrogens with one attached hydrogen (secondary N) is 1. The summed E-state index contributed by atoms with van der Waals surface area (Å²) in [6, 6.07) is 2.95. The van der Waals surface area contributed by atoms with Crippen LogP contribution >= 0.6 is 11.6 Å². The van der Waals surface area contributed by atoms with Crippen molar-refractivity contribution in [1.82, 2.24) is 14.0 Å². The predicted molar refractivity (Wildman–Crippen MR) is 125 cm³/mol. The van der Waals surface area contributed by atoms with Crippen molar-refractivity contribution in [2.45, 2.75) is 37.8 Å². The molecular weight excluding hydrogens is 556 g/mol. The summed E-state index contributed by atoms with van der Waals surface area (Å²) in [4.78, 5) is 27.4. The van der Waals surface area contributed by atoms with E-state index in [2.05, 4.69) is 5.32 Å². The van der Waals surface area contributed by atoms with E-state index in [4.69, 9.17) is 11.6 Å². The highest BCUT2D eigenvalue weighted by molar-refractivity contribution is 6.32. The number of carbonyl (C=O) groups excluding carboxylic acids is 1. The Balaban J connectivity index is 1.49. The van der Waals surface area contributed by atoms with Crippen LogP contribution in [0.5, 0.6) is 5.88 Å². The highest BCUT2D eigenvalue weighted by atomic mass is 35.5. The second-order valence-corrected chi connectivity index (χ2v) is 9.54. The number of rotatable bonds is 2. The molecule has 39 heavy (non-hydrogen) atoms. The number of halogens is 7. The van der Waals surface area contributed by atoms with Crippen LogP contribution in [0.4, 0.5) is 36.8 Å². The Labute approximate surface area is 220 Å². The van der Waals surface area contributed by atoms with Crippen LogP contribution in [0.2, 0.25) is 5.02 Å². The normalized spacial score (nSPS) is 18.3. The Morgan fingerprint density at radius 3 is 2.31 bits per heavy atom. The molecule has 5 rings (SSSR count). The lowest BCUT2D eigenvalue weighted by Gasteiger charge is -2.28. The minimum absolute atomic E-state index is 0.0513. The number of carbonyl (C=O) groups is 1. The Hall–Kier alpha value is -4.12. The van der Waals surface area contributed by atoms with Gasteiger partial charge in [0.1, 0.15) is 11.8 Å². The van der Waals surface area contributed by atoms with Crippen LogP contribution < -0.4 is 11.0 Å². The molecule has 3 aromatic rings. The molecule has 2 aliphatic rings. The molecule has 2 atom stereocenters. The molecule has 2 aromatic carbocycles. The summed E-state index contributed by atoms with van der Waals surface area (Å²) in [5, 5.41) is 22.4. The van der Waals surface area contributed by atoms with Gasteiger partial charge in [0.15, 0.2) is 0 Å². The van der Waals surface area contributed by atoms with Gasteiger partial charge in [0, 0.05) is 12.2 Å². The number of amides is 2. The fourth-order valence-corrected chi connectivity index (χ4v) is 5.32. The van der Waals surface area contributed by atoms with Crippen LogP contribution in [0, 0.1) is 18.3 Å². The largest absolute Gasteiger partial charge is 0.493 e. The molecule has 2 aliphatic heterocycles. The lowest BCUT2D eigenvalue weighted by molar-refractivity contribution is -0.143. The zero-order chi connectivity index (χ0) is 28.6. The van der Waals surface area contributed by atoms with E-state index in [1.807, 2.05) is 6.07 Å². The van der Waals surface area contributed by atoms with Gasteiger partial charge in [0.25, 0.3) is 0 Å². The predicted octanol–water partition coefficient (Wildman–Crippen LogP) is 5.75. The van der Waals surface area contributed by atoms with Crippen LogP contribution in [0.1, 0.15) is 46.5 Å². The summed E-state index contributed by atoms with van der Waals surface area (Å²) in [7, 11) is 0. The summed E-state index contributed by atoms with van der Waals surface area (Å²) in [6.45, 7) is 1.47. The number of hydrogen-bond acceptors (Lipinski definition) is 4. The molecule has 8 nitrogen and oxygen atoms in total. The number of nitriles is 1. The molecule has 0 radical (unpaired) electrons. The van der Waals surface area contributed by atoms with E-state index in [9.17, 15) is 46.3 Å². The first-order valence-corrected chi connectivity index (χ1v) is 11.6. The zero-order valence-electron chi connectivity index (χ0n) is 19.7. The number of likely N-dealkylation sites (tertiary alicyclic amines) is 1. The Morgan fingerprint density at radius 1 is 1.13 bits per heavy atom. The number of aromatic hydroxyl groups is 1. The monoisotopic (exact) mass is 571 g/mol. The first kappa shape index (κ1) is 26.5. The van der Waals surface area contributed by atoms with Crippen molar-refractivity contribution >= 4 is 23.3 Å². The van der Waals surface area contributed by atoms with Crippen LogP contribution in [0.3, 0.4) is 0 Å². The number of alkyl halides is 6. The molecule has 2 amide bonds. The molecule has 0 saturated carbocycles. The average Bonchev–Trinajstić information content (AvgIpc) is 3.51. The molecule has 1 unspecified atom stereocenters. The van der Waals surface area contributed by atoms with Crippen molar-refractivity contribution < 1.29 is 36.2 Å². The Kier molecular flexibility index (Phi) is 5.91. The number of benzene rings is 2. The maximum Gasteiger partial charge on any atom is 0.416 e. The summed E-state index contributed by atoms with van der Waals surface area (Å²) in [5.41, 5.74) is -3.77. The number of aromatic nitrogens is 2. The van der Waals surface area contributed by atoms with Gasteiger partial charge in [0.05, 0.1) is 39.5 Å². The first-order chi connectivity index (χ1) is 18.1. The second-order valence-electron chi connectivity index (χ2n) is 9.16. The maximum atomic E-state index is 13.2. The second kappa shape index (κ2) is 8.70. The molecule has 3 heterocycles. The lowest BCUT2D eigenvalue weighted by atomic mass is 10.1. The topological polar surface area (TPSA) is 103 Å². The molecule has 1 aromatic heterocycles. The molecule has 1 saturated heterocycles. The summed E-state index contributed by atoms with van der Waals surface area (Å²) in [5.74, 6) is -0.507. The standard InChI is InChI=1S/C24H16ClF6N5O3/c1-10-16(3-2-11(8-32)18(10)25)36-20(37)19-17-7-15(35(19)22(36)39)9-34(17)21(38)33-14-5-12(23(26,27)28)4-13(6-14)24(29,30)31/h2-6,15,17,37H,7,9H2,1H3,(H,33,38)/t15-,17?/m1/s1. The van der Waals surface area contributed by atoms with Gasteiger partial charge in [-0.2, -0.15) is 31.6 Å². The number of imidazole rings is 1. The minimum atomic E-state index is -5.09. The van der Waals surface area contributed by atoms with Crippen LogP contribution in [0.15, 0.2) is 35.1 Å². The Morgan fingerprint density at radius 2 is 1.74 bits per heavy atom. The molecule has 0 aliphatic carbocycles. The van der Waals surface area contributed by atoms with Crippen molar-refractivity contribution in [1.29, 1.82) is 5.26 Å². The van der Waals surface area contributed by atoms with E-state index >= 15 is 0 Å². The number of urea groups is 1. The number of nitrogens with zero attached hydrogens (tertiary/aromatic N) is 4. The molecular formula is C24H16ClF6N5O3. The van der Waals surface area contributed by atoms with Crippen molar-refractivity contribution in [3.05, 3.63) is 73.8 Å². The van der Waals surface area contributed by atoms with Gasteiger partial charge in [-0.15, -0.1) is 0 Å². The first-order valence-electron chi connectivity index (χ1n) is 11.3. The van der Waals surface area contributed by atoms with Gasteiger partial charge in [-0.3, -0.25) is 4.57 Å². The molecule has 0 spiro atoms. The summed E-state index contributed by atoms with van der Waals surface area (Å²) in [6.07, 6.45) is -9.98. The third-order valence-corrected chi connectivity index (χ3v) is 7.36. The van der Waals surface area contributed by atoms with Crippen LogP contribution in [-0.2, 0) is 12.4 Å². The molecule has 2 bridgehead atoms. The molecule has 1 fully saturated rings. The third kappa shape index (κ3) is 4.17. The number of hydrogen-bond donors (Lipinski definition) is 2. The third-order valence-electron chi connectivity index (χ3n) is 6.88. The minimum Gasteiger partial charge on any atom is -0.493 e. The smallest absolute Gasteiger partial charge is 0.416 e. The summed E-state index contributed by atoms with van der Waals surface area (Å²) >= 11 is 6.21. The van der Waals surface area contributed by atoms with Crippen molar-refractivity contribution in [3.63, 3.8) is 0 Å². The fourth-order valence-electron chi connectivity index (χ4n) is 5.11. The zero-order valence-corrected chi connectivity index (χ0v) is 20.4. The van der Waals surface area contributed by atoms with Crippen molar-refractivity contribution in [3.8, 4) is 17.6 Å². The van der Waals surface area contributed by atoms with E-state index in [-0.39, 0.29) is 41.0 Å². The van der Waals surface area contributed by atoms with Crippen molar-refractivity contribution in [2.24, 2.45) is 0 Å². The van der Waals surface area contributed by atoms with E-state index in [0.29, 0.717) is 17.7 Å². The van der Waals surface area contributed by atoms with Crippen LogP contribution in [-0.4, -0.2) is 31.7 Å². The Bertz CT molecular complexity index is 1600. The van der Waals surface area contributed by atoms with E-state index in [0.717, 1.165) is 9.47 Å². The fraction of sp³-hybridized carbons (Fsp3) is 0.292. The highest BCUT2D eigenvalue weighted by Gasteiger charge is 2.49. The SMILES string of the molecule is Cc1c(-n2c(O)c3n(c2=O)[C@@H]2CC3N(C(=O)Nc3cc(C(F)(F)F)cc(C(F)(F)F)c3)C2)ccc(C#N)c1Cl. The molecule has 204 valence electrons. The van der Waals surface area contributed by atoms with Gasteiger partial charge in [-0.05, 0) is 49.2 Å². The number of anilines is 1. The van der Waals surface area contributed by atoms with Gasteiger partial charge in [0.2, 0.25) is 5.88 Å². The van der Waals surface area contributed by atoms with Crippen molar-refractivity contribution in [2.75, 3.05) is 11.9 Å². The molecule has 15 heteroatoms. The quantitative estimate of drug-likeness (QED) is 0.382. The van der Waals surface area contributed by atoms with Gasteiger partial charge in [-0.1, -0.05) is 11.6 Å². The molecule has 2 N–H and O–H groups in total. The van der Waals surface area contributed by atoms with Gasteiger partial charge < -0.3 is 15.3 Å². The summed E-state index contributed by atoms with van der Waals surface area (Å²) < 4.78 is 81.5. The number of fused-ring (bicyclic) bond motifs is 5. The van der Waals surface area contributed by atoms with E-state index in [1.54, 1.807) is 6.92 Å². The maximum absolute atomic E-state index is 13.2. The van der Waals surface area contributed by atoms with Gasteiger partial charge >= 0.3 is 24.1 Å². The average molecular weight is 572 g/mol.